The van der Waals surface area contributed by atoms with Gasteiger partial charge in [0.05, 0.1) is 4.92 Å². The van der Waals surface area contributed by atoms with Gasteiger partial charge in [-0.2, -0.15) is 8.78 Å². The van der Waals surface area contributed by atoms with E-state index < -0.39 is 21.7 Å². The highest BCUT2D eigenvalue weighted by atomic mass is 35.5. The monoisotopic (exact) mass is 250 g/mol. The van der Waals surface area contributed by atoms with E-state index in [1.807, 2.05) is 0 Å². The molecule has 0 radical (unpaired) electrons. The fourth-order valence-corrected chi connectivity index (χ4v) is 1.19. The van der Waals surface area contributed by atoms with Crippen LogP contribution >= 0.6 is 11.6 Å². The number of benzene rings is 1. The first kappa shape index (κ1) is 12.3. The molecular formula is C8H5ClF2N2O3. The Hall–Kier alpha value is -1.76. The molecule has 0 atom stereocenters. The van der Waals surface area contributed by atoms with Crippen LogP contribution in [-0.2, 0) is 0 Å². The smallest absolute Gasteiger partial charge is 0.368 e. The van der Waals surface area contributed by atoms with Crippen LogP contribution in [0.1, 0.15) is 5.56 Å². The Morgan fingerprint density at radius 3 is 2.62 bits per heavy atom. The molecule has 0 aromatic heterocycles. The minimum Gasteiger partial charge on any atom is -0.410 e. The maximum Gasteiger partial charge on any atom is 0.368 e. The van der Waals surface area contributed by atoms with Crippen molar-refractivity contribution in [1.82, 2.24) is 0 Å². The molecule has 0 saturated carbocycles. The number of nitro groups is 1. The number of nitro benzene ring substituents is 1. The van der Waals surface area contributed by atoms with Crippen LogP contribution in [0.25, 0.3) is 0 Å². The van der Waals surface area contributed by atoms with Gasteiger partial charge in [-0.3, -0.25) is 10.1 Å². The van der Waals surface area contributed by atoms with Gasteiger partial charge in [0.15, 0.2) is 5.71 Å². The van der Waals surface area contributed by atoms with Crippen molar-refractivity contribution in [2.24, 2.45) is 5.16 Å². The van der Waals surface area contributed by atoms with Crippen LogP contribution < -0.4 is 0 Å². The zero-order chi connectivity index (χ0) is 12.3. The van der Waals surface area contributed by atoms with Crippen molar-refractivity contribution in [2.45, 2.75) is 5.38 Å². The van der Waals surface area contributed by atoms with Crippen molar-refractivity contribution in [3.63, 3.8) is 0 Å². The lowest BCUT2D eigenvalue weighted by Gasteiger charge is -2.09. The second kappa shape index (κ2) is 4.40. The molecule has 0 fully saturated rings. The van der Waals surface area contributed by atoms with Gasteiger partial charge in [0.1, 0.15) is 0 Å². The quantitative estimate of drug-likeness (QED) is 0.294. The lowest BCUT2D eigenvalue weighted by atomic mass is 10.1. The Morgan fingerprint density at radius 1 is 1.56 bits per heavy atom. The molecule has 8 heteroatoms. The van der Waals surface area contributed by atoms with Crippen LogP contribution in [0, 0.1) is 10.1 Å². The molecule has 0 heterocycles. The molecule has 0 bridgehead atoms. The second-order valence-electron chi connectivity index (χ2n) is 2.75. The standard InChI is InChI=1S/C8H5ClF2N2O3/c9-8(10,11)7(12-14)5-2-1-3-6(4-5)13(15)16/h1-4,14H. The number of hydrogen-bond donors (Lipinski definition) is 1. The molecule has 16 heavy (non-hydrogen) atoms. The summed E-state index contributed by atoms with van der Waals surface area (Å²) in [6, 6.07) is 4.26. The van der Waals surface area contributed by atoms with Gasteiger partial charge in [0.2, 0.25) is 0 Å². The van der Waals surface area contributed by atoms with E-state index in [4.69, 9.17) is 5.21 Å². The summed E-state index contributed by atoms with van der Waals surface area (Å²) in [6.07, 6.45) is 0. The molecule has 0 unspecified atom stereocenters. The van der Waals surface area contributed by atoms with Crippen LogP contribution in [0.5, 0.6) is 0 Å². The molecule has 86 valence electrons. The number of oxime groups is 1. The first-order valence-corrected chi connectivity index (χ1v) is 4.28. The van der Waals surface area contributed by atoms with E-state index in [1.165, 1.54) is 6.07 Å². The largest absolute Gasteiger partial charge is 0.410 e. The zero-order valence-electron chi connectivity index (χ0n) is 7.60. The molecule has 1 N–H and O–H groups in total. The first-order chi connectivity index (χ1) is 7.36. The number of non-ortho nitro benzene ring substituents is 1. The minimum atomic E-state index is -3.90. The topological polar surface area (TPSA) is 75.7 Å². The lowest BCUT2D eigenvalue weighted by Crippen LogP contribution is -2.22. The first-order valence-electron chi connectivity index (χ1n) is 3.90. The summed E-state index contributed by atoms with van der Waals surface area (Å²) in [5, 5.41) is 17.2. The second-order valence-corrected chi connectivity index (χ2v) is 3.23. The molecule has 0 aliphatic rings. The zero-order valence-corrected chi connectivity index (χ0v) is 8.36. The van der Waals surface area contributed by atoms with Gasteiger partial charge in [-0.05, 0) is 11.6 Å². The Bertz CT molecular complexity index is 445. The van der Waals surface area contributed by atoms with Gasteiger partial charge >= 0.3 is 5.38 Å². The number of nitrogens with zero attached hydrogens (tertiary/aromatic N) is 2. The highest BCUT2D eigenvalue weighted by Gasteiger charge is 2.35. The fraction of sp³-hybridized carbons (Fsp3) is 0.125. The summed E-state index contributed by atoms with van der Waals surface area (Å²) in [5.41, 5.74) is -1.87. The average molecular weight is 251 g/mol. The van der Waals surface area contributed by atoms with Gasteiger partial charge in [-0.1, -0.05) is 17.3 Å². The van der Waals surface area contributed by atoms with Crippen LogP contribution in [0.2, 0.25) is 0 Å². The van der Waals surface area contributed by atoms with Crippen LogP contribution in [-0.4, -0.2) is 21.2 Å². The molecule has 0 aliphatic heterocycles. The van der Waals surface area contributed by atoms with Gasteiger partial charge in [0, 0.05) is 17.7 Å². The molecule has 0 amide bonds. The third kappa shape index (κ3) is 2.63. The van der Waals surface area contributed by atoms with E-state index >= 15 is 0 Å². The lowest BCUT2D eigenvalue weighted by molar-refractivity contribution is -0.384. The van der Waals surface area contributed by atoms with E-state index in [0.29, 0.717) is 0 Å². The molecule has 1 aromatic rings. The number of halogens is 3. The number of rotatable bonds is 3. The van der Waals surface area contributed by atoms with Crippen molar-refractivity contribution < 1.29 is 18.9 Å². The summed E-state index contributed by atoms with van der Waals surface area (Å²) in [4.78, 5) is 9.64. The third-order valence-corrected chi connectivity index (χ3v) is 1.88. The summed E-state index contributed by atoms with van der Waals surface area (Å²) >= 11 is 4.67. The number of alkyl halides is 3. The maximum absolute atomic E-state index is 12.7. The van der Waals surface area contributed by atoms with Crippen molar-refractivity contribution >= 4 is 23.0 Å². The minimum absolute atomic E-state index is 0.322. The van der Waals surface area contributed by atoms with Crippen LogP contribution in [0.3, 0.4) is 0 Å². The number of hydrogen-bond acceptors (Lipinski definition) is 4. The Morgan fingerprint density at radius 2 is 2.19 bits per heavy atom. The molecule has 0 spiro atoms. The molecule has 0 aliphatic carbocycles. The predicted molar refractivity (Wildman–Crippen MR) is 52.2 cm³/mol. The molecule has 1 aromatic carbocycles. The highest BCUT2D eigenvalue weighted by molar-refractivity contribution is 6.36. The fourth-order valence-electron chi connectivity index (χ4n) is 1.04. The van der Waals surface area contributed by atoms with Crippen molar-refractivity contribution in [1.29, 1.82) is 0 Å². The summed E-state index contributed by atoms with van der Waals surface area (Å²) in [7, 11) is 0. The van der Waals surface area contributed by atoms with Gasteiger partial charge in [-0.15, -0.1) is 0 Å². The van der Waals surface area contributed by atoms with E-state index in [-0.39, 0.29) is 5.56 Å². The van der Waals surface area contributed by atoms with Crippen LogP contribution in [0.4, 0.5) is 14.5 Å². The molecule has 1 rings (SSSR count). The van der Waals surface area contributed by atoms with Crippen molar-refractivity contribution in [3.8, 4) is 0 Å². The van der Waals surface area contributed by atoms with E-state index in [1.54, 1.807) is 0 Å². The molecule has 0 saturated heterocycles. The van der Waals surface area contributed by atoms with E-state index in [2.05, 4.69) is 16.8 Å². The van der Waals surface area contributed by atoms with E-state index in [0.717, 1.165) is 18.2 Å². The summed E-state index contributed by atoms with van der Waals surface area (Å²) in [5.74, 6) is 0. The summed E-state index contributed by atoms with van der Waals surface area (Å²) < 4.78 is 25.4. The molecular weight excluding hydrogens is 246 g/mol. The van der Waals surface area contributed by atoms with Gasteiger partial charge in [0.25, 0.3) is 5.69 Å². The Balaban J connectivity index is 3.23. The van der Waals surface area contributed by atoms with Crippen LogP contribution in [0.15, 0.2) is 29.4 Å². The summed E-state index contributed by atoms with van der Waals surface area (Å²) in [6.45, 7) is 0. The average Bonchev–Trinajstić information content (AvgIpc) is 2.17. The normalized spacial score (nSPS) is 12.6. The van der Waals surface area contributed by atoms with E-state index in [9.17, 15) is 18.9 Å². The van der Waals surface area contributed by atoms with Crippen molar-refractivity contribution in [3.05, 3.63) is 39.9 Å². The Labute approximate surface area is 93.1 Å². The maximum atomic E-state index is 12.7. The third-order valence-electron chi connectivity index (χ3n) is 1.70. The Kier molecular flexibility index (Phi) is 3.38. The van der Waals surface area contributed by atoms with Gasteiger partial charge < -0.3 is 5.21 Å². The SMILES string of the molecule is O=[N+]([O-])c1cccc(C(=NO)C(F)(F)Cl)c1. The van der Waals surface area contributed by atoms with Crippen molar-refractivity contribution in [2.75, 3.05) is 0 Å². The highest BCUT2D eigenvalue weighted by Crippen LogP contribution is 2.26. The molecule has 5 nitrogen and oxygen atoms in total. The van der Waals surface area contributed by atoms with Gasteiger partial charge in [-0.25, -0.2) is 0 Å². The predicted octanol–water partition coefficient (Wildman–Crippen LogP) is 2.60.